The summed E-state index contributed by atoms with van der Waals surface area (Å²) in [6.45, 7) is 0. The van der Waals surface area contributed by atoms with E-state index in [0.29, 0.717) is 16.9 Å². The Morgan fingerprint density at radius 3 is 1.72 bits per heavy atom. The second-order valence-corrected chi connectivity index (χ2v) is 11.5. The van der Waals surface area contributed by atoms with Crippen LogP contribution in [0, 0.1) is 0 Å². The fourth-order valence-corrected chi connectivity index (χ4v) is 7.74. The normalized spacial score (nSPS) is 32.0. The molecule has 12 heteroatoms. The van der Waals surface area contributed by atoms with Gasteiger partial charge in [0.15, 0.2) is 0 Å². The number of carbonyl (C=O) groups is 4. The van der Waals surface area contributed by atoms with Crippen molar-refractivity contribution in [1.29, 1.82) is 0 Å². The molecule has 6 atom stereocenters. The molecule has 9 nitrogen and oxygen atoms in total. The van der Waals surface area contributed by atoms with Gasteiger partial charge >= 0.3 is 18.0 Å². The number of hydrogen-bond donors (Lipinski definition) is 5. The molecule has 4 heterocycles. The molecule has 5 N–H and O–H groups in total. The maximum absolute atomic E-state index is 11.1. The zero-order valence-electron chi connectivity index (χ0n) is 17.8. The molecule has 6 unspecified atom stereocenters. The number of fused-ring (bicyclic) bond motifs is 2. The van der Waals surface area contributed by atoms with Crippen molar-refractivity contribution < 1.29 is 24.3 Å². The van der Waals surface area contributed by atoms with Crippen molar-refractivity contribution >= 4 is 58.4 Å². The van der Waals surface area contributed by atoms with Crippen molar-refractivity contribution in [3.05, 3.63) is 0 Å². The summed E-state index contributed by atoms with van der Waals surface area (Å²) in [6, 6.07) is 0.952. The van der Waals surface area contributed by atoms with E-state index in [4.69, 9.17) is 16.7 Å². The average molecular weight is 507 g/mol. The third-order valence-electron chi connectivity index (χ3n) is 6.12. The van der Waals surface area contributed by atoms with Crippen LogP contribution in [0.4, 0.5) is 9.59 Å². The number of unbranched alkanes of at least 4 members (excludes halogenated alkanes) is 2. The van der Waals surface area contributed by atoms with Crippen LogP contribution in [0.5, 0.6) is 0 Å². The van der Waals surface area contributed by atoms with E-state index in [1.807, 2.05) is 23.5 Å². The van der Waals surface area contributed by atoms with Crippen LogP contribution in [0.3, 0.4) is 0 Å². The quantitative estimate of drug-likeness (QED) is 0.174. The highest BCUT2D eigenvalue weighted by molar-refractivity contribution is 8.00. The molecule has 0 bridgehead atoms. The van der Waals surface area contributed by atoms with E-state index in [2.05, 4.69) is 21.3 Å². The Hall–Kier alpha value is -1.33. The van der Waals surface area contributed by atoms with Crippen molar-refractivity contribution in [3.8, 4) is 0 Å². The smallest absolute Gasteiger partial charge is 0.315 e. The standard InChI is InChI=1S/C10H15ClN2O2S.C10H16N2O3S/c11-8(14)4-2-1-3-7-9-6(5-16-7)12-10(15)13-9;13-8(14)4-2-1-3-7-9-6(5-16-7)11-10(15)12-9/h6-7,9H,1-5H2,(H2,12,13,15);6-7,9H,1-5H2,(H,13,14)(H2,11,12,15). The van der Waals surface area contributed by atoms with Crippen molar-refractivity contribution in [2.75, 3.05) is 11.5 Å². The molecule has 180 valence electrons. The molecule has 0 aromatic carbocycles. The lowest BCUT2D eigenvalue weighted by Crippen LogP contribution is -2.36. The van der Waals surface area contributed by atoms with E-state index in [0.717, 1.165) is 50.0 Å². The summed E-state index contributed by atoms with van der Waals surface area (Å²) in [5.41, 5.74) is 0. The summed E-state index contributed by atoms with van der Waals surface area (Å²) in [4.78, 5) is 43.1. The highest BCUT2D eigenvalue weighted by Gasteiger charge is 2.43. The van der Waals surface area contributed by atoms with Gasteiger partial charge in [-0.2, -0.15) is 23.5 Å². The van der Waals surface area contributed by atoms with Crippen LogP contribution in [0.1, 0.15) is 51.4 Å². The fraction of sp³-hybridized carbons (Fsp3) is 0.800. The largest absolute Gasteiger partial charge is 0.481 e. The lowest BCUT2D eigenvalue weighted by atomic mass is 10.0. The minimum Gasteiger partial charge on any atom is -0.481 e. The third kappa shape index (κ3) is 7.34. The predicted molar refractivity (Wildman–Crippen MR) is 126 cm³/mol. The highest BCUT2D eigenvalue weighted by Crippen LogP contribution is 2.34. The molecular weight excluding hydrogens is 476 g/mol. The molecule has 4 aliphatic rings. The number of amides is 4. The molecular formula is C20H31ClN4O5S2. The Balaban J connectivity index is 0.000000181. The number of halogens is 1. The number of nitrogens with one attached hydrogen (secondary N) is 4. The zero-order valence-corrected chi connectivity index (χ0v) is 20.2. The van der Waals surface area contributed by atoms with Crippen LogP contribution in [0.2, 0.25) is 0 Å². The lowest BCUT2D eigenvalue weighted by Gasteiger charge is -2.16. The van der Waals surface area contributed by atoms with Crippen molar-refractivity contribution in [2.45, 2.75) is 86.0 Å². The lowest BCUT2D eigenvalue weighted by molar-refractivity contribution is -0.137. The Morgan fingerprint density at radius 2 is 1.28 bits per heavy atom. The van der Waals surface area contributed by atoms with Crippen LogP contribution in [-0.2, 0) is 9.59 Å². The van der Waals surface area contributed by atoms with E-state index >= 15 is 0 Å². The second kappa shape index (κ2) is 12.2. The van der Waals surface area contributed by atoms with Gasteiger partial charge in [-0.05, 0) is 37.3 Å². The van der Waals surface area contributed by atoms with E-state index in [9.17, 15) is 19.2 Å². The molecule has 32 heavy (non-hydrogen) atoms. The predicted octanol–water partition coefficient (Wildman–Crippen LogP) is 2.27. The van der Waals surface area contributed by atoms with E-state index in [-0.39, 0.29) is 47.9 Å². The van der Waals surface area contributed by atoms with Gasteiger partial charge in [-0.25, -0.2) is 9.59 Å². The number of thioether (sulfide) groups is 2. The van der Waals surface area contributed by atoms with Crippen LogP contribution in [-0.4, -0.2) is 74.6 Å². The van der Waals surface area contributed by atoms with Crippen LogP contribution < -0.4 is 21.3 Å². The fourth-order valence-electron chi connectivity index (χ4n) is 4.52. The summed E-state index contributed by atoms with van der Waals surface area (Å²) in [7, 11) is 0. The molecule has 4 rings (SSSR count). The first-order valence-electron chi connectivity index (χ1n) is 11.1. The van der Waals surface area contributed by atoms with E-state index < -0.39 is 5.97 Å². The van der Waals surface area contributed by atoms with Gasteiger partial charge in [0.2, 0.25) is 5.24 Å². The Bertz CT molecular complexity index is 657. The summed E-state index contributed by atoms with van der Waals surface area (Å²) in [5, 5.41) is 20.9. The number of carbonyl (C=O) groups excluding carboxylic acids is 3. The first kappa shape index (κ1) is 25.3. The number of carboxylic acids is 1. The maximum atomic E-state index is 11.1. The Morgan fingerprint density at radius 1 is 0.812 bits per heavy atom. The molecule has 0 aromatic heterocycles. The summed E-state index contributed by atoms with van der Waals surface area (Å²) in [6.07, 6.45) is 6.22. The third-order valence-corrected chi connectivity index (χ3v) is 9.32. The molecule has 0 aliphatic carbocycles. The molecule has 4 fully saturated rings. The van der Waals surface area contributed by atoms with Crippen LogP contribution in [0.15, 0.2) is 0 Å². The van der Waals surface area contributed by atoms with Gasteiger partial charge in [0.1, 0.15) is 0 Å². The van der Waals surface area contributed by atoms with Gasteiger partial charge in [0, 0.05) is 34.8 Å². The Labute approximate surface area is 201 Å². The first-order valence-corrected chi connectivity index (χ1v) is 13.6. The summed E-state index contributed by atoms with van der Waals surface area (Å²) in [5.74, 6) is 1.22. The number of aliphatic carboxylic acids is 1. The summed E-state index contributed by atoms with van der Waals surface area (Å²) < 4.78 is 0. The molecule has 0 radical (unpaired) electrons. The molecule has 4 aliphatic heterocycles. The van der Waals surface area contributed by atoms with Crippen LogP contribution in [0.25, 0.3) is 0 Å². The monoisotopic (exact) mass is 506 g/mol. The van der Waals surface area contributed by atoms with Gasteiger partial charge in [-0.1, -0.05) is 12.8 Å². The zero-order chi connectivity index (χ0) is 23.1. The molecule has 0 saturated carbocycles. The molecule has 4 saturated heterocycles. The van der Waals surface area contributed by atoms with E-state index in [1.165, 1.54) is 0 Å². The Kier molecular flexibility index (Phi) is 9.66. The first-order chi connectivity index (χ1) is 15.3. The van der Waals surface area contributed by atoms with Crippen LogP contribution >= 0.6 is 35.1 Å². The minimum atomic E-state index is -0.729. The number of urea groups is 2. The second-order valence-electron chi connectivity index (χ2n) is 8.48. The highest BCUT2D eigenvalue weighted by atomic mass is 35.5. The van der Waals surface area contributed by atoms with E-state index in [1.54, 1.807) is 0 Å². The van der Waals surface area contributed by atoms with Gasteiger partial charge in [0.25, 0.3) is 0 Å². The van der Waals surface area contributed by atoms with Gasteiger partial charge in [-0.3, -0.25) is 9.59 Å². The van der Waals surface area contributed by atoms with Crippen molar-refractivity contribution in [2.24, 2.45) is 0 Å². The minimum absolute atomic E-state index is 0.0452. The summed E-state index contributed by atoms with van der Waals surface area (Å²) >= 11 is 9.04. The maximum Gasteiger partial charge on any atom is 0.315 e. The molecule has 4 amide bonds. The molecule has 0 aromatic rings. The molecule has 0 spiro atoms. The SMILES string of the molecule is O=C(Cl)CCCCC1SCC2NC(=O)NC21.O=C(O)CCCCC1SCC2NC(=O)NC21. The van der Waals surface area contributed by atoms with Gasteiger partial charge in [0.05, 0.1) is 24.2 Å². The van der Waals surface area contributed by atoms with Crippen molar-refractivity contribution in [3.63, 3.8) is 0 Å². The average Bonchev–Trinajstić information content (AvgIpc) is 3.45. The van der Waals surface area contributed by atoms with Gasteiger partial charge in [-0.15, -0.1) is 0 Å². The topological polar surface area (TPSA) is 137 Å². The van der Waals surface area contributed by atoms with Crippen molar-refractivity contribution in [1.82, 2.24) is 21.3 Å². The van der Waals surface area contributed by atoms with Gasteiger partial charge < -0.3 is 26.4 Å². The number of hydrogen-bond acceptors (Lipinski definition) is 6. The number of rotatable bonds is 10. The number of carboxylic acid groups (broad SMARTS) is 1.